The van der Waals surface area contributed by atoms with Crippen LogP contribution >= 0.6 is 0 Å². The molecule has 3 heterocycles. The summed E-state index contributed by atoms with van der Waals surface area (Å²) in [7, 11) is 0. The van der Waals surface area contributed by atoms with E-state index in [1.54, 1.807) is 6.92 Å². The number of amides is 2. The molecule has 3 aliphatic heterocycles. The van der Waals surface area contributed by atoms with Gasteiger partial charge in [0.05, 0.1) is 6.04 Å². The van der Waals surface area contributed by atoms with E-state index in [1.807, 2.05) is 0 Å². The standard InChI is InChI=1S/C24H39FN4O2/c1-14-6-7-19(25)18-13-20(27-23(14)18)24(31)26-16-4-3-5-17(12-16)29-11-9-21-22(29)8-10-28(21)15(2)30/h14,16-23,27H,3-13H2,1-2H3,(H,26,31)/t14?,16-,17+,18?,19?,20?,21-,22-,23?/m1/s1. The molecular formula is C24H39FN4O2. The molecule has 0 aromatic carbocycles. The minimum absolute atomic E-state index is 0.00766. The highest BCUT2D eigenvalue weighted by molar-refractivity contribution is 5.82. The third-order valence-corrected chi connectivity index (χ3v) is 9.14. The first-order valence-corrected chi connectivity index (χ1v) is 12.7. The predicted molar refractivity (Wildman–Crippen MR) is 117 cm³/mol. The second kappa shape index (κ2) is 8.62. The Kier molecular flexibility index (Phi) is 6.01. The molecule has 3 saturated heterocycles. The molecule has 5 unspecified atom stereocenters. The Balaban J connectivity index is 1.16. The van der Waals surface area contributed by atoms with Crippen LogP contribution in [-0.2, 0) is 9.59 Å². The third-order valence-electron chi connectivity index (χ3n) is 9.14. The summed E-state index contributed by atoms with van der Waals surface area (Å²) in [6.07, 6.45) is 7.92. The van der Waals surface area contributed by atoms with Gasteiger partial charge in [-0.15, -0.1) is 0 Å². The molecule has 0 bridgehead atoms. The molecule has 2 N–H and O–H groups in total. The maximum Gasteiger partial charge on any atom is 0.237 e. The first-order valence-electron chi connectivity index (χ1n) is 12.7. The van der Waals surface area contributed by atoms with Crippen LogP contribution in [0.4, 0.5) is 4.39 Å². The quantitative estimate of drug-likeness (QED) is 0.715. The molecule has 2 saturated carbocycles. The summed E-state index contributed by atoms with van der Waals surface area (Å²) in [5.41, 5.74) is 0. The lowest BCUT2D eigenvalue weighted by Crippen LogP contribution is -2.52. The second-order valence-corrected chi connectivity index (χ2v) is 10.9. The summed E-state index contributed by atoms with van der Waals surface area (Å²) in [4.78, 5) is 29.7. The highest BCUT2D eigenvalue weighted by Gasteiger charge is 2.48. The highest BCUT2D eigenvalue weighted by Crippen LogP contribution is 2.39. The Morgan fingerprint density at radius 2 is 1.81 bits per heavy atom. The van der Waals surface area contributed by atoms with Crippen molar-refractivity contribution in [2.45, 2.75) is 114 Å². The summed E-state index contributed by atoms with van der Waals surface area (Å²) in [5.74, 6) is 0.713. The topological polar surface area (TPSA) is 64.7 Å². The SMILES string of the molecule is CC(=O)N1CC[C@@H]2[C@H]1CCN2[C@H]1CCC[C@@H](NC(=O)C2CC3C(F)CCC(C)C3N2)C1. The van der Waals surface area contributed by atoms with E-state index in [0.717, 1.165) is 51.6 Å². The van der Waals surface area contributed by atoms with Crippen molar-refractivity contribution in [2.24, 2.45) is 11.8 Å². The van der Waals surface area contributed by atoms with E-state index < -0.39 is 6.17 Å². The van der Waals surface area contributed by atoms with Gasteiger partial charge in [0.1, 0.15) is 6.17 Å². The van der Waals surface area contributed by atoms with Gasteiger partial charge in [-0.05, 0) is 63.7 Å². The minimum atomic E-state index is -0.769. The van der Waals surface area contributed by atoms with Crippen molar-refractivity contribution in [3.63, 3.8) is 0 Å². The largest absolute Gasteiger partial charge is 0.352 e. The molecule has 6 nitrogen and oxygen atoms in total. The molecule has 0 aromatic heterocycles. The van der Waals surface area contributed by atoms with Gasteiger partial charge in [0, 0.05) is 56.1 Å². The van der Waals surface area contributed by atoms with Crippen molar-refractivity contribution >= 4 is 11.8 Å². The van der Waals surface area contributed by atoms with E-state index in [1.165, 1.54) is 6.42 Å². The van der Waals surface area contributed by atoms with Gasteiger partial charge in [0.25, 0.3) is 0 Å². The van der Waals surface area contributed by atoms with Crippen LogP contribution in [0.1, 0.15) is 71.6 Å². The molecule has 0 aromatic rings. The maximum absolute atomic E-state index is 14.4. The zero-order valence-corrected chi connectivity index (χ0v) is 19.1. The van der Waals surface area contributed by atoms with Crippen molar-refractivity contribution in [3.8, 4) is 0 Å². The fraction of sp³-hybridized carbons (Fsp3) is 0.917. The molecule has 0 radical (unpaired) electrons. The number of rotatable bonds is 3. The molecule has 2 aliphatic carbocycles. The van der Waals surface area contributed by atoms with Crippen molar-refractivity contribution < 1.29 is 14.0 Å². The summed E-state index contributed by atoms with van der Waals surface area (Å²) in [6, 6.07) is 1.48. The number of hydrogen-bond donors (Lipinski definition) is 2. The molecule has 0 spiro atoms. The summed E-state index contributed by atoms with van der Waals surface area (Å²) in [5, 5.41) is 6.80. The van der Waals surface area contributed by atoms with Gasteiger partial charge in [-0.2, -0.15) is 0 Å². The van der Waals surface area contributed by atoms with Gasteiger partial charge in [0.15, 0.2) is 0 Å². The number of nitrogens with zero attached hydrogens (tertiary/aromatic N) is 2. The average Bonchev–Trinajstić information content (AvgIpc) is 3.45. The number of likely N-dealkylation sites (tertiary alicyclic amines) is 2. The molecule has 174 valence electrons. The Morgan fingerprint density at radius 1 is 1.00 bits per heavy atom. The van der Waals surface area contributed by atoms with Crippen LogP contribution in [0, 0.1) is 11.8 Å². The molecule has 5 fully saturated rings. The molecule has 31 heavy (non-hydrogen) atoms. The zero-order chi connectivity index (χ0) is 21.7. The van der Waals surface area contributed by atoms with Gasteiger partial charge in [-0.1, -0.05) is 6.92 Å². The molecule has 9 atom stereocenters. The molecular weight excluding hydrogens is 395 g/mol. The second-order valence-electron chi connectivity index (χ2n) is 10.9. The van der Waals surface area contributed by atoms with Crippen LogP contribution in [0.2, 0.25) is 0 Å². The molecule has 7 heteroatoms. The predicted octanol–water partition coefficient (Wildman–Crippen LogP) is 2.22. The highest BCUT2D eigenvalue weighted by atomic mass is 19.1. The number of nitrogens with one attached hydrogen (secondary N) is 2. The van der Waals surface area contributed by atoms with E-state index in [9.17, 15) is 14.0 Å². The van der Waals surface area contributed by atoms with Gasteiger partial charge in [-0.3, -0.25) is 14.5 Å². The van der Waals surface area contributed by atoms with Crippen molar-refractivity contribution in [1.29, 1.82) is 0 Å². The first-order chi connectivity index (χ1) is 14.9. The van der Waals surface area contributed by atoms with Crippen molar-refractivity contribution in [2.75, 3.05) is 13.1 Å². The number of carbonyl (C=O) groups excluding carboxylic acids is 2. The lowest BCUT2D eigenvalue weighted by molar-refractivity contribution is -0.129. The Morgan fingerprint density at radius 3 is 2.58 bits per heavy atom. The fourth-order valence-corrected chi connectivity index (χ4v) is 7.56. The number of carbonyl (C=O) groups is 2. The number of halogens is 1. The molecule has 2 amide bonds. The Labute approximate surface area is 185 Å². The van der Waals surface area contributed by atoms with Crippen LogP contribution in [-0.4, -0.2) is 77.1 Å². The Bertz CT molecular complexity index is 687. The smallest absolute Gasteiger partial charge is 0.237 e. The van der Waals surface area contributed by atoms with Crippen LogP contribution < -0.4 is 10.6 Å². The molecule has 5 aliphatic rings. The van der Waals surface area contributed by atoms with Gasteiger partial charge >= 0.3 is 0 Å². The van der Waals surface area contributed by atoms with Crippen molar-refractivity contribution in [3.05, 3.63) is 0 Å². The van der Waals surface area contributed by atoms with E-state index in [0.29, 0.717) is 36.9 Å². The van der Waals surface area contributed by atoms with Crippen LogP contribution in [0.25, 0.3) is 0 Å². The van der Waals surface area contributed by atoms with E-state index in [4.69, 9.17) is 0 Å². The number of alkyl halides is 1. The number of fused-ring (bicyclic) bond motifs is 2. The fourth-order valence-electron chi connectivity index (χ4n) is 7.56. The number of hydrogen-bond acceptors (Lipinski definition) is 4. The van der Waals surface area contributed by atoms with Crippen LogP contribution in [0.5, 0.6) is 0 Å². The summed E-state index contributed by atoms with van der Waals surface area (Å²) >= 11 is 0. The van der Waals surface area contributed by atoms with E-state index in [2.05, 4.69) is 27.4 Å². The summed E-state index contributed by atoms with van der Waals surface area (Å²) < 4.78 is 14.4. The van der Waals surface area contributed by atoms with Gasteiger partial charge in [0.2, 0.25) is 11.8 Å². The Hall–Kier alpha value is -1.21. The van der Waals surface area contributed by atoms with Crippen molar-refractivity contribution in [1.82, 2.24) is 20.4 Å². The zero-order valence-electron chi connectivity index (χ0n) is 19.1. The third kappa shape index (κ3) is 4.01. The van der Waals surface area contributed by atoms with Crippen LogP contribution in [0.15, 0.2) is 0 Å². The van der Waals surface area contributed by atoms with Crippen LogP contribution in [0.3, 0.4) is 0 Å². The monoisotopic (exact) mass is 434 g/mol. The van der Waals surface area contributed by atoms with Gasteiger partial charge < -0.3 is 15.5 Å². The first kappa shape index (κ1) is 21.6. The normalized spacial score (nSPS) is 45.4. The maximum atomic E-state index is 14.4. The average molecular weight is 435 g/mol. The minimum Gasteiger partial charge on any atom is -0.352 e. The lowest BCUT2D eigenvalue weighted by Gasteiger charge is -2.38. The van der Waals surface area contributed by atoms with E-state index in [-0.39, 0.29) is 35.9 Å². The van der Waals surface area contributed by atoms with Gasteiger partial charge in [-0.25, -0.2) is 4.39 Å². The molecule has 5 rings (SSSR count). The summed E-state index contributed by atoms with van der Waals surface area (Å²) in [6.45, 7) is 5.82. The lowest BCUT2D eigenvalue weighted by atomic mass is 9.77. The van der Waals surface area contributed by atoms with E-state index >= 15 is 0 Å².